The molecule has 0 amide bonds. The van der Waals surface area contributed by atoms with Gasteiger partial charge in [0.2, 0.25) is 0 Å². The minimum atomic E-state index is -1.64. The third-order valence-electron chi connectivity index (χ3n) is 3.13. The molecule has 1 aromatic rings. The molecule has 8 heteroatoms. The van der Waals surface area contributed by atoms with Gasteiger partial charge in [-0.2, -0.15) is 5.10 Å². The first-order chi connectivity index (χ1) is 7.90. The van der Waals surface area contributed by atoms with E-state index < -0.39 is 22.4 Å². The zero-order valence-corrected chi connectivity index (χ0v) is 9.03. The Hall–Kier alpha value is -1.96. The van der Waals surface area contributed by atoms with E-state index in [4.69, 9.17) is 5.11 Å². The van der Waals surface area contributed by atoms with Crippen molar-refractivity contribution in [2.75, 3.05) is 0 Å². The zero-order valence-electron chi connectivity index (χ0n) is 9.03. The fourth-order valence-corrected chi connectivity index (χ4v) is 2.15. The SMILES string of the molecule is Cn1ncc([N+](=O)[O-])c1C1(C(O)C(=O)O)CC1. The molecule has 0 bridgehead atoms. The molecular formula is C9H11N3O5. The van der Waals surface area contributed by atoms with E-state index in [0.717, 1.165) is 6.20 Å². The molecule has 1 saturated carbocycles. The zero-order chi connectivity index (χ0) is 12.8. The summed E-state index contributed by atoms with van der Waals surface area (Å²) in [5, 5.41) is 33.1. The van der Waals surface area contributed by atoms with Crippen molar-refractivity contribution >= 4 is 11.7 Å². The summed E-state index contributed by atoms with van der Waals surface area (Å²) in [7, 11) is 1.50. The molecule has 1 unspecified atom stereocenters. The highest BCUT2D eigenvalue weighted by Crippen LogP contribution is 2.53. The molecule has 17 heavy (non-hydrogen) atoms. The lowest BCUT2D eigenvalue weighted by Crippen LogP contribution is -2.35. The van der Waals surface area contributed by atoms with Gasteiger partial charge in [-0.3, -0.25) is 14.8 Å². The normalized spacial score (nSPS) is 18.7. The van der Waals surface area contributed by atoms with Crippen molar-refractivity contribution in [3.63, 3.8) is 0 Å². The summed E-state index contributed by atoms with van der Waals surface area (Å²) in [6.45, 7) is 0. The fraction of sp³-hybridized carbons (Fsp3) is 0.556. The smallest absolute Gasteiger partial charge is 0.333 e. The lowest BCUT2D eigenvalue weighted by Gasteiger charge is -2.18. The molecule has 0 radical (unpaired) electrons. The summed E-state index contributed by atoms with van der Waals surface area (Å²) >= 11 is 0. The third-order valence-corrected chi connectivity index (χ3v) is 3.13. The number of carboxylic acids is 1. The van der Waals surface area contributed by atoms with E-state index in [1.54, 1.807) is 0 Å². The number of nitro groups is 1. The fourth-order valence-electron chi connectivity index (χ4n) is 2.15. The van der Waals surface area contributed by atoms with Gasteiger partial charge < -0.3 is 10.2 Å². The standard InChI is InChI=1S/C9H11N3O5/c1-11-6(5(4-10-11)12(16)17)9(2-3-9)7(13)8(14)15/h4,7,13H,2-3H2,1H3,(H,14,15). The summed E-state index contributed by atoms with van der Waals surface area (Å²) in [6.07, 6.45) is 0.239. The Morgan fingerprint density at radius 3 is 2.71 bits per heavy atom. The number of aliphatic carboxylic acids is 1. The molecular weight excluding hydrogens is 230 g/mol. The van der Waals surface area contributed by atoms with Crippen LogP contribution in [-0.2, 0) is 17.3 Å². The molecule has 1 atom stereocenters. The minimum Gasteiger partial charge on any atom is -0.479 e. The van der Waals surface area contributed by atoms with Crippen molar-refractivity contribution < 1.29 is 19.9 Å². The van der Waals surface area contributed by atoms with Gasteiger partial charge in [-0.25, -0.2) is 4.79 Å². The van der Waals surface area contributed by atoms with E-state index in [1.807, 2.05) is 0 Å². The van der Waals surface area contributed by atoms with Crippen LogP contribution in [0.25, 0.3) is 0 Å². The first-order valence-electron chi connectivity index (χ1n) is 4.98. The highest BCUT2D eigenvalue weighted by atomic mass is 16.6. The minimum absolute atomic E-state index is 0.178. The average Bonchev–Trinajstić information content (AvgIpc) is 2.95. The largest absolute Gasteiger partial charge is 0.479 e. The molecule has 2 rings (SSSR count). The van der Waals surface area contributed by atoms with E-state index >= 15 is 0 Å². The van der Waals surface area contributed by atoms with Gasteiger partial charge in [0.25, 0.3) is 0 Å². The van der Waals surface area contributed by atoms with Crippen molar-refractivity contribution in [2.24, 2.45) is 7.05 Å². The van der Waals surface area contributed by atoms with Crippen molar-refractivity contribution in [3.05, 3.63) is 22.0 Å². The van der Waals surface area contributed by atoms with Crippen LogP contribution in [0.1, 0.15) is 18.5 Å². The van der Waals surface area contributed by atoms with E-state index in [-0.39, 0.29) is 11.4 Å². The van der Waals surface area contributed by atoms with Crippen molar-refractivity contribution in [1.82, 2.24) is 9.78 Å². The van der Waals surface area contributed by atoms with Gasteiger partial charge in [0, 0.05) is 7.05 Å². The van der Waals surface area contributed by atoms with Crippen LogP contribution in [0.4, 0.5) is 5.69 Å². The summed E-state index contributed by atoms with van der Waals surface area (Å²) in [5.41, 5.74) is -1.14. The molecule has 1 aliphatic rings. The van der Waals surface area contributed by atoms with Crippen LogP contribution in [0.5, 0.6) is 0 Å². The predicted octanol–water partition coefficient (Wildman–Crippen LogP) is -0.195. The molecule has 1 fully saturated rings. The predicted molar refractivity (Wildman–Crippen MR) is 54.4 cm³/mol. The number of aliphatic hydroxyl groups excluding tert-OH is 1. The third kappa shape index (κ3) is 1.57. The number of aryl methyl sites for hydroxylation is 1. The molecule has 1 aliphatic carbocycles. The van der Waals surface area contributed by atoms with E-state index in [1.165, 1.54) is 11.7 Å². The maximum atomic E-state index is 10.8. The van der Waals surface area contributed by atoms with E-state index in [2.05, 4.69) is 5.10 Å². The Balaban J connectivity index is 2.50. The molecule has 0 aromatic carbocycles. The summed E-state index contributed by atoms with van der Waals surface area (Å²) in [4.78, 5) is 21.0. The van der Waals surface area contributed by atoms with Gasteiger partial charge in [-0.1, -0.05) is 0 Å². The molecule has 0 spiro atoms. The number of nitrogens with zero attached hydrogens (tertiary/aromatic N) is 3. The first-order valence-corrected chi connectivity index (χ1v) is 4.98. The number of aromatic nitrogens is 2. The maximum Gasteiger partial charge on any atom is 0.333 e. The molecule has 0 saturated heterocycles. The first kappa shape index (κ1) is 11.5. The second-order valence-corrected chi connectivity index (χ2v) is 4.16. The number of rotatable bonds is 4. The second kappa shape index (κ2) is 3.52. The Morgan fingerprint density at radius 1 is 1.71 bits per heavy atom. The summed E-state index contributed by atoms with van der Waals surface area (Å²) < 4.78 is 1.26. The Labute approximate surface area is 95.6 Å². The van der Waals surface area contributed by atoms with Gasteiger partial charge in [-0.15, -0.1) is 0 Å². The number of aliphatic hydroxyl groups is 1. The van der Waals surface area contributed by atoms with Crippen LogP contribution in [0.15, 0.2) is 6.20 Å². The lowest BCUT2D eigenvalue weighted by molar-refractivity contribution is -0.386. The Bertz CT molecular complexity index is 491. The number of carbonyl (C=O) groups is 1. The van der Waals surface area contributed by atoms with Gasteiger partial charge in [0.05, 0.1) is 10.3 Å². The average molecular weight is 241 g/mol. The van der Waals surface area contributed by atoms with Crippen LogP contribution in [0.2, 0.25) is 0 Å². The highest BCUT2D eigenvalue weighted by molar-refractivity contribution is 5.76. The number of carboxylic acid groups (broad SMARTS) is 1. The molecule has 1 heterocycles. The highest BCUT2D eigenvalue weighted by Gasteiger charge is 2.58. The van der Waals surface area contributed by atoms with E-state index in [0.29, 0.717) is 12.8 Å². The van der Waals surface area contributed by atoms with Crippen molar-refractivity contribution in [2.45, 2.75) is 24.4 Å². The second-order valence-electron chi connectivity index (χ2n) is 4.16. The van der Waals surface area contributed by atoms with Crippen LogP contribution in [0, 0.1) is 10.1 Å². The van der Waals surface area contributed by atoms with Crippen LogP contribution in [-0.4, -0.2) is 37.0 Å². The van der Waals surface area contributed by atoms with Gasteiger partial charge in [0.1, 0.15) is 11.9 Å². The summed E-state index contributed by atoms with van der Waals surface area (Å²) in [5.74, 6) is -1.38. The number of hydrogen-bond donors (Lipinski definition) is 2. The quantitative estimate of drug-likeness (QED) is 0.556. The lowest BCUT2D eigenvalue weighted by atomic mass is 9.94. The van der Waals surface area contributed by atoms with Crippen molar-refractivity contribution in [1.29, 1.82) is 0 Å². The van der Waals surface area contributed by atoms with Gasteiger partial charge >= 0.3 is 11.7 Å². The molecule has 92 valence electrons. The Kier molecular flexibility index (Phi) is 2.39. The number of hydrogen-bond acceptors (Lipinski definition) is 5. The van der Waals surface area contributed by atoms with Crippen LogP contribution in [0.3, 0.4) is 0 Å². The molecule has 1 aromatic heterocycles. The van der Waals surface area contributed by atoms with Crippen LogP contribution < -0.4 is 0 Å². The van der Waals surface area contributed by atoms with Gasteiger partial charge in [-0.05, 0) is 12.8 Å². The molecule has 2 N–H and O–H groups in total. The monoisotopic (exact) mass is 241 g/mol. The maximum absolute atomic E-state index is 10.8. The molecule has 0 aliphatic heterocycles. The Morgan fingerprint density at radius 2 is 2.29 bits per heavy atom. The summed E-state index contributed by atoms with van der Waals surface area (Å²) in [6, 6.07) is 0. The van der Waals surface area contributed by atoms with Gasteiger partial charge in [0.15, 0.2) is 6.10 Å². The van der Waals surface area contributed by atoms with Crippen LogP contribution >= 0.6 is 0 Å². The molecule has 8 nitrogen and oxygen atoms in total. The topological polar surface area (TPSA) is 118 Å². The van der Waals surface area contributed by atoms with E-state index in [9.17, 15) is 20.0 Å². The van der Waals surface area contributed by atoms with Crippen molar-refractivity contribution in [3.8, 4) is 0 Å².